The standard InChI is InChI=1S/C11H11ClFN7O3/c12-11(13)6(22)4(2-21)23-10(11,3-14)5-1-17-8-7(15)18-9(16)19-20(5)8/h1,4,6,21-22H,2H2,(H4,15,16,18,19)/t4-,6?,10+,11-/m1/s1. The summed E-state index contributed by atoms with van der Waals surface area (Å²) in [6.45, 7) is -0.751. The van der Waals surface area contributed by atoms with E-state index in [-0.39, 0.29) is 23.1 Å². The van der Waals surface area contributed by atoms with Crippen LogP contribution in [0.2, 0.25) is 0 Å². The molecule has 4 atom stereocenters. The molecule has 0 aliphatic carbocycles. The van der Waals surface area contributed by atoms with Crippen molar-refractivity contribution in [1.82, 2.24) is 19.6 Å². The Hall–Kier alpha value is -2.26. The smallest absolute Gasteiger partial charge is 0.259 e. The molecule has 2 aromatic heterocycles. The second-order valence-corrected chi connectivity index (χ2v) is 5.48. The second kappa shape index (κ2) is 4.87. The molecule has 0 bridgehead atoms. The third-order valence-corrected chi connectivity index (χ3v) is 4.11. The Morgan fingerprint density at radius 2 is 2.26 bits per heavy atom. The number of fused-ring (bicyclic) bond motifs is 1. The van der Waals surface area contributed by atoms with Crippen molar-refractivity contribution in [3.8, 4) is 6.07 Å². The Morgan fingerprint density at radius 1 is 1.57 bits per heavy atom. The summed E-state index contributed by atoms with van der Waals surface area (Å²) in [6.07, 6.45) is -2.32. The van der Waals surface area contributed by atoms with Crippen LogP contribution in [0.15, 0.2) is 6.20 Å². The molecule has 6 N–H and O–H groups in total. The molecule has 122 valence electrons. The lowest BCUT2D eigenvalue weighted by molar-refractivity contribution is -0.0603. The van der Waals surface area contributed by atoms with E-state index in [1.807, 2.05) is 0 Å². The SMILES string of the molecule is N#C[C@@]1(c2cnc3c(N)nc(N)nn23)O[C@H](CO)C(O)[C@]1(F)Cl. The first-order chi connectivity index (χ1) is 10.8. The minimum absolute atomic E-state index is 0.00169. The molecule has 0 saturated carbocycles. The quantitative estimate of drug-likeness (QED) is 0.482. The number of imidazole rings is 1. The molecule has 0 radical (unpaired) electrons. The van der Waals surface area contributed by atoms with Gasteiger partial charge in [-0.05, 0) is 0 Å². The topological polar surface area (TPSA) is 169 Å². The van der Waals surface area contributed by atoms with Gasteiger partial charge in [0.25, 0.3) is 5.13 Å². The van der Waals surface area contributed by atoms with E-state index in [1.165, 1.54) is 0 Å². The lowest BCUT2D eigenvalue weighted by atomic mass is 9.93. The first-order valence-electron chi connectivity index (χ1n) is 6.31. The largest absolute Gasteiger partial charge is 0.394 e. The monoisotopic (exact) mass is 343 g/mol. The van der Waals surface area contributed by atoms with Crippen LogP contribution in [0, 0.1) is 11.3 Å². The number of aromatic nitrogens is 4. The number of hydrogen-bond acceptors (Lipinski definition) is 9. The fraction of sp³-hybridized carbons (Fsp3) is 0.455. The van der Waals surface area contributed by atoms with Crippen LogP contribution in [-0.2, 0) is 10.3 Å². The number of nitrogens with two attached hydrogens (primary N) is 2. The van der Waals surface area contributed by atoms with E-state index in [2.05, 4.69) is 15.1 Å². The van der Waals surface area contributed by atoms with Crippen molar-refractivity contribution in [2.45, 2.75) is 22.9 Å². The Kier molecular flexibility index (Phi) is 3.31. The number of nitrogens with zero attached hydrogens (tertiary/aromatic N) is 5. The summed E-state index contributed by atoms with van der Waals surface area (Å²) in [6, 6.07) is 1.59. The molecular weight excluding hydrogens is 333 g/mol. The number of rotatable bonds is 2. The average Bonchev–Trinajstić information content (AvgIpc) is 2.99. The molecule has 3 heterocycles. The number of aliphatic hydroxyl groups is 2. The predicted octanol–water partition coefficient (Wildman–Crippen LogP) is -1.34. The Bertz CT molecular complexity index is 822. The summed E-state index contributed by atoms with van der Waals surface area (Å²) in [4.78, 5) is 7.59. The number of aliphatic hydroxyl groups excluding tert-OH is 2. The Morgan fingerprint density at radius 3 is 2.83 bits per heavy atom. The van der Waals surface area contributed by atoms with Gasteiger partial charge in [0.2, 0.25) is 11.5 Å². The van der Waals surface area contributed by atoms with Gasteiger partial charge in [-0.25, -0.2) is 13.9 Å². The zero-order chi connectivity index (χ0) is 17.0. The minimum atomic E-state index is -3.07. The minimum Gasteiger partial charge on any atom is -0.394 e. The normalized spacial score (nSPS) is 33.9. The van der Waals surface area contributed by atoms with Gasteiger partial charge >= 0.3 is 0 Å². The molecule has 23 heavy (non-hydrogen) atoms. The highest BCUT2D eigenvalue weighted by Crippen LogP contribution is 2.51. The number of nitriles is 1. The van der Waals surface area contributed by atoms with Crippen LogP contribution in [-0.4, -0.2) is 53.7 Å². The molecule has 12 heteroatoms. The van der Waals surface area contributed by atoms with Gasteiger partial charge in [-0.15, -0.1) is 5.10 Å². The first kappa shape index (κ1) is 15.6. The maximum absolute atomic E-state index is 15.0. The van der Waals surface area contributed by atoms with Crippen molar-refractivity contribution in [3.63, 3.8) is 0 Å². The van der Waals surface area contributed by atoms with Crippen molar-refractivity contribution in [2.75, 3.05) is 18.1 Å². The molecule has 2 aromatic rings. The molecule has 1 fully saturated rings. The molecule has 0 amide bonds. The Labute approximate surface area is 133 Å². The van der Waals surface area contributed by atoms with Crippen LogP contribution in [0.5, 0.6) is 0 Å². The summed E-state index contributed by atoms with van der Waals surface area (Å²) in [5.41, 5.74) is 8.40. The van der Waals surface area contributed by atoms with Crippen LogP contribution in [0.4, 0.5) is 16.2 Å². The van der Waals surface area contributed by atoms with Crippen molar-refractivity contribution >= 4 is 29.0 Å². The summed E-state index contributed by atoms with van der Waals surface area (Å²) in [7, 11) is 0. The highest BCUT2D eigenvalue weighted by molar-refractivity contribution is 6.24. The van der Waals surface area contributed by atoms with Crippen LogP contribution in [0.1, 0.15) is 5.69 Å². The van der Waals surface area contributed by atoms with E-state index < -0.39 is 29.5 Å². The molecule has 1 unspecified atom stereocenters. The molecule has 1 aliphatic heterocycles. The molecule has 3 rings (SSSR count). The molecule has 0 aromatic carbocycles. The Balaban J connectivity index is 2.29. The summed E-state index contributed by atoms with van der Waals surface area (Å²) in [5.74, 6) is -0.355. The third kappa shape index (κ3) is 1.86. The lowest BCUT2D eigenvalue weighted by Gasteiger charge is -2.28. The van der Waals surface area contributed by atoms with E-state index in [1.54, 1.807) is 6.07 Å². The van der Waals surface area contributed by atoms with Crippen molar-refractivity contribution < 1.29 is 19.3 Å². The number of hydrogen-bond donors (Lipinski definition) is 4. The van der Waals surface area contributed by atoms with E-state index in [9.17, 15) is 19.9 Å². The first-order valence-corrected chi connectivity index (χ1v) is 6.69. The third-order valence-electron chi connectivity index (χ3n) is 3.62. The van der Waals surface area contributed by atoms with E-state index >= 15 is 0 Å². The van der Waals surface area contributed by atoms with Gasteiger partial charge in [-0.1, -0.05) is 11.6 Å². The maximum atomic E-state index is 15.0. The molecule has 10 nitrogen and oxygen atoms in total. The van der Waals surface area contributed by atoms with Gasteiger partial charge in [0, 0.05) is 0 Å². The maximum Gasteiger partial charge on any atom is 0.259 e. The van der Waals surface area contributed by atoms with Crippen LogP contribution >= 0.6 is 11.6 Å². The molecule has 1 saturated heterocycles. The number of ether oxygens (including phenoxy) is 1. The highest BCUT2D eigenvalue weighted by atomic mass is 35.5. The van der Waals surface area contributed by atoms with E-state index in [0.717, 1.165) is 10.7 Å². The van der Waals surface area contributed by atoms with Crippen LogP contribution in [0.3, 0.4) is 0 Å². The summed E-state index contributed by atoms with van der Waals surface area (Å²) >= 11 is 5.76. The van der Waals surface area contributed by atoms with Gasteiger partial charge in [0.1, 0.15) is 24.0 Å². The van der Waals surface area contributed by atoms with Gasteiger partial charge in [-0.2, -0.15) is 10.2 Å². The molecule has 0 spiro atoms. The average molecular weight is 344 g/mol. The molecular formula is C11H11ClFN7O3. The van der Waals surface area contributed by atoms with Crippen molar-refractivity contribution in [3.05, 3.63) is 11.9 Å². The lowest BCUT2D eigenvalue weighted by Crippen LogP contribution is -2.46. The van der Waals surface area contributed by atoms with Crippen molar-refractivity contribution in [1.29, 1.82) is 5.26 Å². The molecule has 1 aliphatic rings. The van der Waals surface area contributed by atoms with E-state index in [4.69, 9.17) is 27.8 Å². The summed E-state index contributed by atoms with van der Waals surface area (Å²) in [5, 5.41) is 29.4. The van der Waals surface area contributed by atoms with Gasteiger partial charge in [0.05, 0.1) is 12.8 Å². The summed E-state index contributed by atoms with van der Waals surface area (Å²) < 4.78 is 21.2. The van der Waals surface area contributed by atoms with Gasteiger partial charge in [0.15, 0.2) is 11.5 Å². The van der Waals surface area contributed by atoms with Gasteiger partial charge in [-0.3, -0.25) is 0 Å². The van der Waals surface area contributed by atoms with E-state index in [0.29, 0.717) is 0 Å². The number of alkyl halides is 2. The zero-order valence-electron chi connectivity index (χ0n) is 11.4. The second-order valence-electron chi connectivity index (χ2n) is 4.93. The van der Waals surface area contributed by atoms with Crippen molar-refractivity contribution in [2.24, 2.45) is 0 Å². The number of nitrogen functional groups attached to an aromatic ring is 2. The number of anilines is 2. The highest BCUT2D eigenvalue weighted by Gasteiger charge is 2.69. The van der Waals surface area contributed by atoms with Crippen LogP contribution < -0.4 is 11.5 Å². The zero-order valence-corrected chi connectivity index (χ0v) is 12.1. The number of halogens is 2. The fourth-order valence-electron chi connectivity index (χ4n) is 2.50. The predicted molar refractivity (Wildman–Crippen MR) is 74.6 cm³/mol. The fourth-order valence-corrected chi connectivity index (χ4v) is 2.82. The van der Waals surface area contributed by atoms with Gasteiger partial charge < -0.3 is 26.4 Å². The van der Waals surface area contributed by atoms with Crippen LogP contribution in [0.25, 0.3) is 5.65 Å².